The molecule has 1 aromatic heterocycles. The molecule has 0 amide bonds. The number of nitrogens with one attached hydrogen (secondary N) is 1. The fraction of sp³-hybridized carbons (Fsp3) is 0.545. The van der Waals surface area contributed by atoms with Crippen LogP contribution in [0.25, 0.3) is 10.9 Å². The number of pyridine rings is 1. The lowest BCUT2D eigenvalue weighted by Crippen LogP contribution is -2.23. The molecular formula is C22H26F2N2O3. The van der Waals surface area contributed by atoms with E-state index in [1.165, 1.54) is 6.20 Å². The summed E-state index contributed by atoms with van der Waals surface area (Å²) in [7, 11) is 0. The fourth-order valence-electron chi connectivity index (χ4n) is 4.30. The largest absolute Gasteiger partial charge is 0.462 e. The van der Waals surface area contributed by atoms with Crippen molar-refractivity contribution in [3.63, 3.8) is 0 Å². The Bertz CT molecular complexity index is 992. The second-order valence-corrected chi connectivity index (χ2v) is 7.96. The number of esters is 1. The van der Waals surface area contributed by atoms with Gasteiger partial charge in [0.15, 0.2) is 11.6 Å². The zero-order chi connectivity index (χ0) is 20.5. The first-order valence-electron chi connectivity index (χ1n) is 10.5. The van der Waals surface area contributed by atoms with Crippen LogP contribution in [0.1, 0.15) is 67.4 Å². The highest BCUT2D eigenvalue weighted by Crippen LogP contribution is 2.38. The minimum atomic E-state index is -1.05. The van der Waals surface area contributed by atoms with Gasteiger partial charge in [0.1, 0.15) is 5.56 Å². The van der Waals surface area contributed by atoms with E-state index in [1.807, 2.05) is 0 Å². The summed E-state index contributed by atoms with van der Waals surface area (Å²) < 4.78 is 36.0. The molecule has 1 aromatic carbocycles. The summed E-state index contributed by atoms with van der Waals surface area (Å²) in [6.07, 6.45) is 7.40. The first-order chi connectivity index (χ1) is 14.0. The number of carbonyl (C=O) groups is 1. The van der Waals surface area contributed by atoms with Gasteiger partial charge in [0.25, 0.3) is 0 Å². The van der Waals surface area contributed by atoms with Crippen molar-refractivity contribution in [3.8, 4) is 0 Å². The van der Waals surface area contributed by atoms with Gasteiger partial charge in [-0.1, -0.05) is 0 Å². The van der Waals surface area contributed by atoms with Crippen molar-refractivity contribution in [1.29, 1.82) is 0 Å². The van der Waals surface area contributed by atoms with Crippen molar-refractivity contribution in [3.05, 3.63) is 45.2 Å². The molecule has 0 spiro atoms. The highest BCUT2D eigenvalue weighted by molar-refractivity contribution is 5.94. The zero-order valence-corrected chi connectivity index (χ0v) is 16.6. The summed E-state index contributed by atoms with van der Waals surface area (Å²) in [6, 6.07) is 1.43. The van der Waals surface area contributed by atoms with Crippen LogP contribution in [0, 0.1) is 11.6 Å². The van der Waals surface area contributed by atoms with Gasteiger partial charge in [-0.05, 0) is 64.5 Å². The molecule has 4 rings (SSSR count). The Kier molecular flexibility index (Phi) is 5.67. The number of aromatic nitrogens is 1. The highest BCUT2D eigenvalue weighted by atomic mass is 19.2. The third kappa shape index (κ3) is 3.92. The normalized spacial score (nSPS) is 19.1. The summed E-state index contributed by atoms with van der Waals surface area (Å²) in [5.41, 5.74) is -0.0763. The fourth-order valence-corrected chi connectivity index (χ4v) is 4.30. The average Bonchev–Trinajstić information content (AvgIpc) is 3.41. The maximum Gasteiger partial charge on any atom is 0.343 e. The van der Waals surface area contributed by atoms with Crippen LogP contribution >= 0.6 is 0 Å². The Labute approximate surface area is 168 Å². The van der Waals surface area contributed by atoms with Crippen LogP contribution in [0.2, 0.25) is 0 Å². The summed E-state index contributed by atoms with van der Waals surface area (Å²) in [4.78, 5) is 25.2. The van der Waals surface area contributed by atoms with Crippen molar-refractivity contribution in [2.45, 2.75) is 64.0 Å². The maximum atomic E-state index is 14.8. The van der Waals surface area contributed by atoms with E-state index in [4.69, 9.17) is 4.74 Å². The van der Waals surface area contributed by atoms with E-state index in [2.05, 4.69) is 5.32 Å². The predicted octanol–water partition coefficient (Wildman–Crippen LogP) is 3.87. The molecule has 2 heterocycles. The monoisotopic (exact) mass is 404 g/mol. The van der Waals surface area contributed by atoms with Crippen LogP contribution in [0.15, 0.2) is 17.1 Å². The van der Waals surface area contributed by atoms with Crippen molar-refractivity contribution in [2.75, 3.05) is 13.2 Å². The molecule has 2 aliphatic rings. The van der Waals surface area contributed by atoms with Crippen LogP contribution < -0.4 is 10.7 Å². The number of halogens is 2. The van der Waals surface area contributed by atoms with Crippen molar-refractivity contribution in [2.24, 2.45) is 0 Å². The second kappa shape index (κ2) is 8.22. The SMILES string of the molecule is CCOC(=O)c1cn(C2CC2)c2c(CCCC3CCCN3)c(F)c(F)cc2c1=O. The smallest absolute Gasteiger partial charge is 0.343 e. The number of hydrogen-bond acceptors (Lipinski definition) is 4. The van der Waals surface area contributed by atoms with Crippen LogP contribution in [0.4, 0.5) is 8.78 Å². The Balaban J connectivity index is 1.79. The Morgan fingerprint density at radius 3 is 2.76 bits per heavy atom. The number of rotatable bonds is 7. The molecule has 1 aliphatic carbocycles. The topological polar surface area (TPSA) is 60.3 Å². The predicted molar refractivity (Wildman–Crippen MR) is 106 cm³/mol. The molecule has 5 nitrogen and oxygen atoms in total. The molecule has 2 fully saturated rings. The molecule has 1 unspecified atom stereocenters. The molecule has 7 heteroatoms. The van der Waals surface area contributed by atoms with E-state index in [0.29, 0.717) is 24.4 Å². The minimum absolute atomic E-state index is 0.0512. The molecule has 1 aliphatic heterocycles. The van der Waals surface area contributed by atoms with Crippen molar-refractivity contribution < 1.29 is 18.3 Å². The molecule has 1 saturated carbocycles. The average molecular weight is 404 g/mol. The molecule has 1 N–H and O–H groups in total. The number of aryl methyl sites for hydroxylation is 1. The van der Waals surface area contributed by atoms with E-state index in [-0.39, 0.29) is 29.2 Å². The quantitative estimate of drug-likeness (QED) is 0.712. The number of carbonyl (C=O) groups excluding carboxylic acids is 1. The van der Waals surface area contributed by atoms with E-state index in [1.54, 1.807) is 11.5 Å². The van der Waals surface area contributed by atoms with E-state index in [0.717, 1.165) is 44.7 Å². The first-order valence-corrected chi connectivity index (χ1v) is 10.5. The molecular weight excluding hydrogens is 378 g/mol. The summed E-state index contributed by atoms with van der Waals surface area (Å²) in [5.74, 6) is -2.67. The molecule has 1 atom stereocenters. The number of nitrogens with zero attached hydrogens (tertiary/aromatic N) is 1. The highest BCUT2D eigenvalue weighted by Gasteiger charge is 2.30. The lowest BCUT2D eigenvalue weighted by atomic mass is 9.99. The van der Waals surface area contributed by atoms with Gasteiger partial charge >= 0.3 is 5.97 Å². The van der Waals surface area contributed by atoms with Gasteiger partial charge in [-0.3, -0.25) is 4.79 Å². The van der Waals surface area contributed by atoms with Crippen LogP contribution in [0.3, 0.4) is 0 Å². The standard InChI is InChI=1S/C22H26F2N2O3/c1-2-29-22(28)17-12-26(14-8-9-14)20-15(7-3-5-13-6-4-10-25-13)19(24)18(23)11-16(20)21(17)27/h11-14,25H,2-10H2,1H3. The summed E-state index contributed by atoms with van der Waals surface area (Å²) in [6.45, 7) is 2.79. The first kappa shape index (κ1) is 20.0. The third-order valence-electron chi connectivity index (χ3n) is 5.88. The molecule has 2 aromatic rings. The second-order valence-electron chi connectivity index (χ2n) is 7.96. The van der Waals surface area contributed by atoms with Crippen molar-refractivity contribution in [1.82, 2.24) is 9.88 Å². The van der Waals surface area contributed by atoms with Gasteiger partial charge in [-0.25, -0.2) is 13.6 Å². The third-order valence-corrected chi connectivity index (χ3v) is 5.88. The minimum Gasteiger partial charge on any atom is -0.462 e. The zero-order valence-electron chi connectivity index (χ0n) is 16.6. The van der Waals surface area contributed by atoms with Crippen molar-refractivity contribution >= 4 is 16.9 Å². The number of ether oxygens (including phenoxy) is 1. The Morgan fingerprint density at radius 1 is 1.31 bits per heavy atom. The number of fused-ring (bicyclic) bond motifs is 1. The lowest BCUT2D eigenvalue weighted by molar-refractivity contribution is 0.0524. The van der Waals surface area contributed by atoms with E-state index >= 15 is 0 Å². The molecule has 0 radical (unpaired) electrons. The number of hydrogen-bond donors (Lipinski definition) is 1. The van der Waals surface area contributed by atoms with E-state index < -0.39 is 23.0 Å². The Morgan fingerprint density at radius 2 is 2.10 bits per heavy atom. The van der Waals surface area contributed by atoms with Crippen LogP contribution in [0.5, 0.6) is 0 Å². The van der Waals surface area contributed by atoms with Gasteiger partial charge in [0, 0.05) is 29.2 Å². The molecule has 1 saturated heterocycles. The molecule has 0 bridgehead atoms. The van der Waals surface area contributed by atoms with Crippen LogP contribution in [-0.2, 0) is 11.2 Å². The van der Waals surface area contributed by atoms with Gasteiger partial charge in [0.05, 0.1) is 12.1 Å². The van der Waals surface area contributed by atoms with Gasteiger partial charge in [-0.15, -0.1) is 0 Å². The van der Waals surface area contributed by atoms with Gasteiger partial charge in [0.2, 0.25) is 5.43 Å². The lowest BCUT2D eigenvalue weighted by Gasteiger charge is -2.17. The maximum absolute atomic E-state index is 14.8. The summed E-state index contributed by atoms with van der Waals surface area (Å²) >= 11 is 0. The Hall–Kier alpha value is -2.28. The van der Waals surface area contributed by atoms with Crippen LogP contribution in [-0.4, -0.2) is 29.7 Å². The molecule has 156 valence electrons. The summed E-state index contributed by atoms with van der Waals surface area (Å²) in [5, 5.41) is 3.46. The van der Waals surface area contributed by atoms with Gasteiger partial charge in [-0.2, -0.15) is 0 Å². The number of benzene rings is 1. The molecule has 29 heavy (non-hydrogen) atoms. The van der Waals surface area contributed by atoms with E-state index in [9.17, 15) is 18.4 Å². The van der Waals surface area contributed by atoms with Gasteiger partial charge < -0.3 is 14.6 Å².